The van der Waals surface area contributed by atoms with Gasteiger partial charge in [-0.2, -0.15) is 0 Å². The summed E-state index contributed by atoms with van der Waals surface area (Å²) in [5.41, 5.74) is 0. The van der Waals surface area contributed by atoms with Gasteiger partial charge in [0.2, 0.25) is 0 Å². The van der Waals surface area contributed by atoms with Gasteiger partial charge in [0.05, 0.1) is 0 Å². The topological polar surface area (TPSA) is 9.23 Å². The molecule has 58 valence electrons. The zero-order valence-electron chi connectivity index (χ0n) is 6.51. The Morgan fingerprint density at radius 3 is 2.00 bits per heavy atom. The van der Waals surface area contributed by atoms with Crippen LogP contribution in [0.4, 0.5) is 0 Å². The van der Waals surface area contributed by atoms with Crippen molar-refractivity contribution in [3.05, 3.63) is 0 Å². The Balaban J connectivity index is 1.95. The molecule has 0 N–H and O–H groups in total. The predicted octanol–water partition coefficient (Wildman–Crippen LogP) is 2.21. The number of hydrogen-bond acceptors (Lipinski definition) is 1. The lowest BCUT2D eigenvalue weighted by molar-refractivity contribution is 0.176. The quantitative estimate of drug-likeness (QED) is 0.501. The Kier molecular flexibility index (Phi) is 1.94. The number of hydrogen-bond donors (Lipinski definition) is 0. The van der Waals surface area contributed by atoms with Gasteiger partial charge in [-0.15, -0.1) is 0 Å². The highest BCUT2D eigenvalue weighted by Gasteiger charge is 2.28. The van der Waals surface area contributed by atoms with Gasteiger partial charge in [0, 0.05) is 13.2 Å². The summed E-state index contributed by atoms with van der Waals surface area (Å²) in [6.07, 6.45) is 7.23. The van der Waals surface area contributed by atoms with Gasteiger partial charge in [-0.25, -0.2) is 0 Å². The maximum atomic E-state index is 5.45. The van der Waals surface area contributed by atoms with Crippen LogP contribution in [0.5, 0.6) is 0 Å². The molecule has 10 heavy (non-hydrogen) atoms. The van der Waals surface area contributed by atoms with Gasteiger partial charge in [0.15, 0.2) is 0 Å². The molecule has 2 fully saturated rings. The normalized spacial score (nSPS) is 40.8. The molecule has 1 heterocycles. The molecule has 0 radical (unpaired) electrons. The van der Waals surface area contributed by atoms with E-state index in [1.54, 1.807) is 0 Å². The lowest BCUT2D eigenvalue weighted by Crippen LogP contribution is -2.09. The van der Waals surface area contributed by atoms with E-state index in [1.165, 1.54) is 32.1 Å². The molecule has 2 rings (SSSR count). The highest BCUT2D eigenvalue weighted by atomic mass is 16.5. The molecule has 1 aliphatic heterocycles. The van der Waals surface area contributed by atoms with Crippen molar-refractivity contribution in [3.63, 3.8) is 0 Å². The largest absolute Gasteiger partial charge is 0.381 e. The van der Waals surface area contributed by atoms with E-state index < -0.39 is 0 Å². The van der Waals surface area contributed by atoms with Crippen molar-refractivity contribution in [1.29, 1.82) is 0 Å². The first-order valence-electron chi connectivity index (χ1n) is 4.54. The summed E-state index contributed by atoms with van der Waals surface area (Å²) in [5, 5.41) is 0. The smallest absolute Gasteiger partial charge is 0.0497 e. The average molecular weight is 140 g/mol. The van der Waals surface area contributed by atoms with Crippen molar-refractivity contribution in [2.75, 3.05) is 13.2 Å². The van der Waals surface area contributed by atoms with Crippen LogP contribution in [0.2, 0.25) is 0 Å². The molecule has 0 aromatic heterocycles. The van der Waals surface area contributed by atoms with Crippen molar-refractivity contribution in [3.8, 4) is 0 Å². The molecule has 0 aromatic rings. The molecule has 0 unspecified atom stereocenters. The second kappa shape index (κ2) is 2.91. The first-order chi connectivity index (χ1) is 4.97. The molecule has 2 aliphatic rings. The highest BCUT2D eigenvalue weighted by Crippen LogP contribution is 2.33. The van der Waals surface area contributed by atoms with Gasteiger partial charge in [-0.1, -0.05) is 19.3 Å². The van der Waals surface area contributed by atoms with Crippen LogP contribution in [0.25, 0.3) is 0 Å². The molecular weight excluding hydrogens is 124 g/mol. The Morgan fingerprint density at radius 2 is 1.40 bits per heavy atom. The van der Waals surface area contributed by atoms with E-state index in [2.05, 4.69) is 0 Å². The average Bonchev–Trinajstić information content (AvgIpc) is 2.28. The number of ether oxygens (including phenoxy) is 1. The summed E-state index contributed by atoms with van der Waals surface area (Å²) in [7, 11) is 0. The maximum Gasteiger partial charge on any atom is 0.0497 e. The van der Waals surface area contributed by atoms with Crippen molar-refractivity contribution in [2.24, 2.45) is 11.8 Å². The maximum absolute atomic E-state index is 5.45. The Labute approximate surface area is 62.8 Å². The van der Waals surface area contributed by atoms with Crippen LogP contribution in [0.15, 0.2) is 0 Å². The summed E-state index contributed by atoms with van der Waals surface area (Å²) < 4.78 is 5.45. The lowest BCUT2D eigenvalue weighted by Gasteiger charge is -2.11. The molecule has 0 amide bonds. The zero-order valence-corrected chi connectivity index (χ0v) is 6.51. The van der Waals surface area contributed by atoms with E-state index in [0.29, 0.717) is 0 Å². The molecule has 1 nitrogen and oxygen atoms in total. The van der Waals surface area contributed by atoms with Crippen molar-refractivity contribution in [2.45, 2.75) is 32.1 Å². The third kappa shape index (κ3) is 1.20. The van der Waals surface area contributed by atoms with Gasteiger partial charge < -0.3 is 4.74 Å². The standard InChI is InChI=1S/C9H16O/c1-2-4-8-6-10-7-9(8)5-3-1/h8-9H,1-7H2/t8-,9-/m0/s1. The van der Waals surface area contributed by atoms with Crippen molar-refractivity contribution >= 4 is 0 Å². The minimum Gasteiger partial charge on any atom is -0.381 e. The molecule has 2 atom stereocenters. The van der Waals surface area contributed by atoms with Crippen LogP contribution in [0.3, 0.4) is 0 Å². The first-order valence-corrected chi connectivity index (χ1v) is 4.54. The molecular formula is C9H16O. The van der Waals surface area contributed by atoms with E-state index in [-0.39, 0.29) is 0 Å². The third-order valence-electron chi connectivity index (χ3n) is 2.98. The van der Waals surface area contributed by atoms with Crippen LogP contribution < -0.4 is 0 Å². The van der Waals surface area contributed by atoms with Gasteiger partial charge in [0.25, 0.3) is 0 Å². The predicted molar refractivity (Wildman–Crippen MR) is 40.9 cm³/mol. The number of rotatable bonds is 0. The first kappa shape index (κ1) is 6.66. The van der Waals surface area contributed by atoms with E-state index in [4.69, 9.17) is 4.74 Å². The SMILES string of the molecule is C1CC[C@H]2COC[C@@H]2CC1. The Hall–Kier alpha value is -0.0400. The highest BCUT2D eigenvalue weighted by molar-refractivity contribution is 4.77. The Bertz CT molecular complexity index is 99.3. The summed E-state index contributed by atoms with van der Waals surface area (Å²) >= 11 is 0. The van der Waals surface area contributed by atoms with Gasteiger partial charge >= 0.3 is 0 Å². The lowest BCUT2D eigenvalue weighted by atomic mass is 9.92. The van der Waals surface area contributed by atoms with E-state index in [9.17, 15) is 0 Å². The summed E-state index contributed by atoms with van der Waals surface area (Å²) in [5.74, 6) is 1.87. The second-order valence-electron chi connectivity index (χ2n) is 3.70. The van der Waals surface area contributed by atoms with Crippen LogP contribution in [-0.2, 0) is 4.74 Å². The summed E-state index contributed by atoms with van der Waals surface area (Å²) in [6.45, 7) is 2.12. The number of fused-ring (bicyclic) bond motifs is 1. The molecule has 1 aliphatic carbocycles. The van der Waals surface area contributed by atoms with Gasteiger partial charge in [-0.05, 0) is 24.7 Å². The monoisotopic (exact) mass is 140 g/mol. The molecule has 1 heteroatoms. The minimum atomic E-state index is 0.933. The minimum absolute atomic E-state index is 0.933. The van der Waals surface area contributed by atoms with E-state index in [0.717, 1.165) is 25.0 Å². The fourth-order valence-electron chi connectivity index (χ4n) is 2.27. The van der Waals surface area contributed by atoms with Crippen molar-refractivity contribution in [1.82, 2.24) is 0 Å². The van der Waals surface area contributed by atoms with Gasteiger partial charge in [-0.3, -0.25) is 0 Å². The fourth-order valence-corrected chi connectivity index (χ4v) is 2.27. The van der Waals surface area contributed by atoms with Crippen LogP contribution in [0, 0.1) is 11.8 Å². The molecule has 0 spiro atoms. The zero-order chi connectivity index (χ0) is 6.81. The molecule has 0 bridgehead atoms. The summed E-state index contributed by atoms with van der Waals surface area (Å²) in [6, 6.07) is 0. The molecule has 1 saturated heterocycles. The van der Waals surface area contributed by atoms with E-state index in [1.807, 2.05) is 0 Å². The second-order valence-corrected chi connectivity index (χ2v) is 3.70. The third-order valence-corrected chi connectivity index (χ3v) is 2.98. The van der Waals surface area contributed by atoms with Crippen LogP contribution in [-0.4, -0.2) is 13.2 Å². The van der Waals surface area contributed by atoms with Crippen LogP contribution >= 0.6 is 0 Å². The van der Waals surface area contributed by atoms with Crippen LogP contribution in [0.1, 0.15) is 32.1 Å². The van der Waals surface area contributed by atoms with Crippen molar-refractivity contribution < 1.29 is 4.74 Å². The van der Waals surface area contributed by atoms with Gasteiger partial charge in [0.1, 0.15) is 0 Å². The Morgan fingerprint density at radius 1 is 0.800 bits per heavy atom. The van der Waals surface area contributed by atoms with E-state index >= 15 is 0 Å². The molecule has 0 aromatic carbocycles. The molecule has 1 saturated carbocycles. The summed E-state index contributed by atoms with van der Waals surface area (Å²) in [4.78, 5) is 0. The fraction of sp³-hybridized carbons (Fsp3) is 1.00.